The van der Waals surface area contributed by atoms with E-state index in [1.807, 2.05) is 0 Å². The number of hydrogen-bond acceptors (Lipinski definition) is 2. The van der Waals surface area contributed by atoms with Crippen molar-refractivity contribution in [1.29, 1.82) is 0 Å². The molecule has 0 unspecified atom stereocenters. The molecule has 1 aliphatic rings. The Kier molecular flexibility index (Phi) is 1.49. The van der Waals surface area contributed by atoms with Gasteiger partial charge in [0.1, 0.15) is 5.56 Å². The predicted molar refractivity (Wildman–Crippen MR) is 37.1 cm³/mol. The van der Waals surface area contributed by atoms with E-state index in [2.05, 4.69) is 9.78 Å². The number of halogens is 3. The van der Waals surface area contributed by atoms with Crippen LogP contribution in [-0.2, 0) is 11.0 Å². The minimum Gasteiger partial charge on any atom is -0.331 e. The minimum absolute atomic E-state index is 0.00407. The van der Waals surface area contributed by atoms with Crippen LogP contribution in [0.3, 0.4) is 0 Å². The molecule has 0 radical (unpaired) electrons. The quantitative estimate of drug-likeness (QED) is 0.589. The summed E-state index contributed by atoms with van der Waals surface area (Å²) in [7, 11) is 0. The molecule has 0 fully saturated rings. The largest absolute Gasteiger partial charge is 0.421 e. The van der Waals surface area contributed by atoms with Gasteiger partial charge in [-0.05, 0) is 18.2 Å². The molecule has 0 aromatic heterocycles. The lowest BCUT2D eigenvalue weighted by atomic mass is 10.2. The molecule has 5 heteroatoms. The fraction of sp³-hybridized carbons (Fsp3) is 0.143. The number of hydrogen-bond donors (Lipinski definition) is 0. The first-order chi connectivity index (χ1) is 5.59. The zero-order chi connectivity index (χ0) is 8.77. The van der Waals surface area contributed by atoms with E-state index in [-0.39, 0.29) is 16.3 Å². The molecule has 0 N–H and O–H groups in total. The topological polar surface area (TPSA) is 18.5 Å². The Morgan fingerprint density at radius 3 is 2.83 bits per heavy atom. The van der Waals surface area contributed by atoms with E-state index < -0.39 is 6.11 Å². The highest BCUT2D eigenvalue weighted by Gasteiger charge is 2.44. The molecule has 2 nitrogen and oxygen atoms in total. The summed E-state index contributed by atoms with van der Waals surface area (Å²) in [6.45, 7) is 0. The lowest BCUT2D eigenvalue weighted by molar-refractivity contribution is -0.376. The highest BCUT2D eigenvalue weighted by Crippen LogP contribution is 2.43. The zero-order valence-electron chi connectivity index (χ0n) is 5.68. The summed E-state index contributed by atoms with van der Waals surface area (Å²) in [5.74, 6) is 0.00407. The minimum atomic E-state index is -3.39. The standard InChI is InChI=1S/C7H3ClF2O2/c8-4-1-2-6-5(3-4)7(9,10)12-11-6/h1-3H. The third-order valence-electron chi connectivity index (χ3n) is 1.49. The first kappa shape index (κ1) is 7.76. The average Bonchev–Trinajstić information content (AvgIpc) is 2.28. The second-order valence-corrected chi connectivity index (χ2v) is 2.76. The SMILES string of the molecule is FC1(F)OOc2ccc(Cl)cc21. The summed E-state index contributed by atoms with van der Waals surface area (Å²) >= 11 is 5.51. The fourth-order valence-electron chi connectivity index (χ4n) is 0.944. The Hall–Kier alpha value is -0.870. The van der Waals surface area contributed by atoms with Crippen LogP contribution in [0.5, 0.6) is 5.75 Å². The molecule has 0 amide bonds. The Morgan fingerprint density at radius 1 is 1.33 bits per heavy atom. The summed E-state index contributed by atoms with van der Waals surface area (Å²) < 4.78 is 25.4. The van der Waals surface area contributed by atoms with Crippen LogP contribution in [0.2, 0.25) is 5.02 Å². The van der Waals surface area contributed by atoms with Crippen molar-refractivity contribution < 1.29 is 18.6 Å². The molecule has 12 heavy (non-hydrogen) atoms. The normalized spacial score (nSPS) is 18.6. The molecule has 1 heterocycles. The lowest BCUT2D eigenvalue weighted by Crippen LogP contribution is -2.11. The van der Waals surface area contributed by atoms with Gasteiger partial charge in [0.2, 0.25) is 0 Å². The van der Waals surface area contributed by atoms with Crippen LogP contribution in [0.25, 0.3) is 0 Å². The molecule has 1 aromatic carbocycles. The lowest BCUT2D eigenvalue weighted by Gasteiger charge is -2.03. The van der Waals surface area contributed by atoms with Gasteiger partial charge in [-0.3, -0.25) is 0 Å². The van der Waals surface area contributed by atoms with E-state index in [0.29, 0.717) is 0 Å². The number of fused-ring (bicyclic) bond motifs is 1. The van der Waals surface area contributed by atoms with Crippen LogP contribution >= 0.6 is 11.6 Å². The Bertz CT molecular complexity index is 327. The molecule has 0 aliphatic carbocycles. The molecule has 1 aromatic rings. The molecule has 0 atom stereocenters. The van der Waals surface area contributed by atoms with Crippen LogP contribution in [-0.4, -0.2) is 0 Å². The first-order valence-corrected chi connectivity index (χ1v) is 3.51. The molecule has 2 rings (SSSR count). The van der Waals surface area contributed by atoms with Crippen molar-refractivity contribution in [2.24, 2.45) is 0 Å². The van der Waals surface area contributed by atoms with E-state index in [4.69, 9.17) is 11.6 Å². The second-order valence-electron chi connectivity index (χ2n) is 2.32. The molecule has 64 valence electrons. The number of benzene rings is 1. The van der Waals surface area contributed by atoms with Gasteiger partial charge in [0.15, 0.2) is 5.75 Å². The zero-order valence-corrected chi connectivity index (χ0v) is 6.44. The predicted octanol–water partition coefficient (Wildman–Crippen LogP) is 2.71. The average molecular weight is 193 g/mol. The van der Waals surface area contributed by atoms with Gasteiger partial charge < -0.3 is 4.89 Å². The van der Waals surface area contributed by atoms with Gasteiger partial charge in [0.25, 0.3) is 0 Å². The molecule has 0 spiro atoms. The number of alkyl halides is 2. The smallest absolute Gasteiger partial charge is 0.331 e. The van der Waals surface area contributed by atoms with Crippen LogP contribution in [0.1, 0.15) is 5.56 Å². The van der Waals surface area contributed by atoms with Crippen molar-refractivity contribution in [3.05, 3.63) is 28.8 Å². The third-order valence-corrected chi connectivity index (χ3v) is 1.73. The van der Waals surface area contributed by atoms with Crippen LogP contribution < -0.4 is 4.89 Å². The van der Waals surface area contributed by atoms with Crippen molar-refractivity contribution >= 4 is 11.6 Å². The summed E-state index contributed by atoms with van der Waals surface area (Å²) in [6, 6.07) is 3.90. The van der Waals surface area contributed by atoms with Gasteiger partial charge in [-0.1, -0.05) is 11.6 Å². The summed E-state index contributed by atoms with van der Waals surface area (Å²) in [4.78, 5) is 8.03. The second kappa shape index (κ2) is 2.31. The maximum atomic E-state index is 12.7. The fourth-order valence-corrected chi connectivity index (χ4v) is 1.12. The maximum absolute atomic E-state index is 12.7. The molecule has 0 saturated carbocycles. The Balaban J connectivity index is 2.57. The first-order valence-electron chi connectivity index (χ1n) is 3.13. The van der Waals surface area contributed by atoms with Crippen LogP contribution in [0, 0.1) is 0 Å². The van der Waals surface area contributed by atoms with Crippen LogP contribution in [0.4, 0.5) is 8.78 Å². The maximum Gasteiger partial charge on any atom is 0.421 e. The van der Waals surface area contributed by atoms with E-state index in [1.165, 1.54) is 12.1 Å². The molecule has 0 saturated heterocycles. The van der Waals surface area contributed by atoms with Gasteiger partial charge in [-0.15, -0.1) is 4.89 Å². The van der Waals surface area contributed by atoms with Gasteiger partial charge >= 0.3 is 6.11 Å². The third kappa shape index (κ3) is 1.04. The Labute approximate surface area is 71.6 Å². The van der Waals surface area contributed by atoms with Gasteiger partial charge in [0, 0.05) is 5.02 Å². The molecule has 1 aliphatic heterocycles. The van der Waals surface area contributed by atoms with Crippen molar-refractivity contribution in [2.75, 3.05) is 0 Å². The highest BCUT2D eigenvalue weighted by molar-refractivity contribution is 6.30. The molecular weight excluding hydrogens is 190 g/mol. The molecular formula is C7H3ClF2O2. The van der Waals surface area contributed by atoms with E-state index in [9.17, 15) is 8.78 Å². The summed E-state index contributed by atoms with van der Waals surface area (Å²) in [6.07, 6.45) is -3.39. The Morgan fingerprint density at radius 2 is 2.08 bits per heavy atom. The van der Waals surface area contributed by atoms with E-state index >= 15 is 0 Å². The van der Waals surface area contributed by atoms with Crippen LogP contribution in [0.15, 0.2) is 18.2 Å². The highest BCUT2D eigenvalue weighted by atomic mass is 35.5. The van der Waals surface area contributed by atoms with Crippen molar-refractivity contribution in [2.45, 2.75) is 6.11 Å². The van der Waals surface area contributed by atoms with Crippen molar-refractivity contribution in [3.8, 4) is 5.75 Å². The van der Waals surface area contributed by atoms with Crippen molar-refractivity contribution in [3.63, 3.8) is 0 Å². The monoisotopic (exact) mass is 192 g/mol. The van der Waals surface area contributed by atoms with Gasteiger partial charge in [-0.25, -0.2) is 0 Å². The molecule has 0 bridgehead atoms. The van der Waals surface area contributed by atoms with Gasteiger partial charge in [0.05, 0.1) is 0 Å². The van der Waals surface area contributed by atoms with E-state index in [1.54, 1.807) is 0 Å². The summed E-state index contributed by atoms with van der Waals surface area (Å²) in [5, 5.41) is 0.225. The summed E-state index contributed by atoms with van der Waals surface area (Å²) in [5.41, 5.74) is -0.338. The van der Waals surface area contributed by atoms with Crippen molar-refractivity contribution in [1.82, 2.24) is 0 Å². The van der Waals surface area contributed by atoms with Gasteiger partial charge in [-0.2, -0.15) is 8.78 Å². The number of rotatable bonds is 0. The van der Waals surface area contributed by atoms with E-state index in [0.717, 1.165) is 6.07 Å².